The molecule has 0 bridgehead atoms. The van der Waals surface area contributed by atoms with Crippen molar-refractivity contribution in [3.63, 3.8) is 0 Å². The number of carbonyl (C=O) groups is 1. The van der Waals surface area contributed by atoms with E-state index in [9.17, 15) is 27.6 Å². The number of hydrogen-bond acceptors (Lipinski definition) is 4. The highest BCUT2D eigenvalue weighted by molar-refractivity contribution is 6.07. The number of nitrogen functional groups attached to an aromatic ring is 1. The second-order valence-electron chi connectivity index (χ2n) is 8.02. The van der Waals surface area contributed by atoms with E-state index in [2.05, 4.69) is 4.98 Å². The Bertz CT molecular complexity index is 1500. The van der Waals surface area contributed by atoms with Crippen molar-refractivity contribution < 1.29 is 18.0 Å². The first-order chi connectivity index (χ1) is 17.1. The van der Waals surface area contributed by atoms with Gasteiger partial charge in [-0.2, -0.15) is 13.2 Å². The number of nitrogens with two attached hydrogens (primary N) is 1. The van der Waals surface area contributed by atoms with Crippen molar-refractivity contribution in [2.45, 2.75) is 19.3 Å². The van der Waals surface area contributed by atoms with Gasteiger partial charge in [0.2, 0.25) is 0 Å². The van der Waals surface area contributed by atoms with E-state index in [-0.39, 0.29) is 30.2 Å². The zero-order valence-electron chi connectivity index (χ0n) is 18.8. The molecule has 0 atom stereocenters. The Morgan fingerprint density at radius 1 is 0.889 bits per heavy atom. The summed E-state index contributed by atoms with van der Waals surface area (Å²) in [5.74, 6) is -1.17. The Balaban J connectivity index is 1.86. The Morgan fingerprint density at radius 2 is 1.50 bits per heavy atom. The zero-order chi connectivity index (χ0) is 25.9. The van der Waals surface area contributed by atoms with E-state index in [0.717, 1.165) is 21.6 Å². The van der Waals surface area contributed by atoms with Crippen LogP contribution >= 0.6 is 0 Å². The van der Waals surface area contributed by atoms with Crippen LogP contribution in [0.2, 0.25) is 0 Å². The molecule has 0 saturated heterocycles. The molecule has 7 nitrogen and oxygen atoms in total. The van der Waals surface area contributed by atoms with Gasteiger partial charge < -0.3 is 5.73 Å². The van der Waals surface area contributed by atoms with E-state index < -0.39 is 28.9 Å². The maximum Gasteiger partial charge on any atom is 0.416 e. The lowest BCUT2D eigenvalue weighted by atomic mass is 10.1. The lowest BCUT2D eigenvalue weighted by molar-refractivity contribution is -0.137. The van der Waals surface area contributed by atoms with Gasteiger partial charge in [-0.05, 0) is 29.3 Å². The summed E-state index contributed by atoms with van der Waals surface area (Å²) in [6, 6.07) is 21.3. The Kier molecular flexibility index (Phi) is 6.77. The van der Waals surface area contributed by atoms with Gasteiger partial charge in [0.15, 0.2) is 5.69 Å². The SMILES string of the molecule is Nc1c(N(Cc2ccccc2)C(=O)c2cccc(C(F)(F)F)c2)c(=O)[nH]c(=O)n1Cc1ccccc1. The van der Waals surface area contributed by atoms with Crippen LogP contribution in [0.4, 0.5) is 24.7 Å². The molecule has 3 N–H and O–H groups in total. The Morgan fingerprint density at radius 3 is 2.11 bits per heavy atom. The second-order valence-corrected chi connectivity index (χ2v) is 8.02. The Hall–Kier alpha value is -4.60. The average molecular weight is 494 g/mol. The predicted octanol–water partition coefficient (Wildman–Crippen LogP) is 4.03. The van der Waals surface area contributed by atoms with Gasteiger partial charge in [0.25, 0.3) is 11.5 Å². The summed E-state index contributed by atoms with van der Waals surface area (Å²) in [6.45, 7) is -0.168. The van der Waals surface area contributed by atoms with Crippen LogP contribution in [-0.2, 0) is 19.3 Å². The summed E-state index contributed by atoms with van der Waals surface area (Å²) in [7, 11) is 0. The molecule has 184 valence electrons. The van der Waals surface area contributed by atoms with Crippen LogP contribution in [-0.4, -0.2) is 15.5 Å². The highest BCUT2D eigenvalue weighted by Gasteiger charge is 2.32. The van der Waals surface area contributed by atoms with E-state index >= 15 is 0 Å². The van der Waals surface area contributed by atoms with Crippen LogP contribution < -0.4 is 21.9 Å². The topological polar surface area (TPSA) is 101 Å². The number of aromatic amines is 1. The van der Waals surface area contributed by atoms with Crippen LogP contribution in [0.25, 0.3) is 0 Å². The molecule has 0 aliphatic heterocycles. The number of alkyl halides is 3. The molecule has 0 fully saturated rings. The minimum Gasteiger partial charge on any atom is -0.383 e. The van der Waals surface area contributed by atoms with Crippen molar-refractivity contribution in [2.75, 3.05) is 10.6 Å². The predicted molar refractivity (Wildman–Crippen MR) is 130 cm³/mol. The number of anilines is 2. The van der Waals surface area contributed by atoms with Crippen molar-refractivity contribution >= 4 is 17.4 Å². The molecule has 0 aliphatic rings. The summed E-state index contributed by atoms with van der Waals surface area (Å²) in [4.78, 5) is 42.2. The number of H-pyrrole nitrogens is 1. The molecule has 1 amide bonds. The monoisotopic (exact) mass is 494 g/mol. The van der Waals surface area contributed by atoms with Gasteiger partial charge in [0, 0.05) is 5.56 Å². The number of aromatic nitrogens is 2. The third-order valence-electron chi connectivity index (χ3n) is 5.53. The maximum absolute atomic E-state index is 13.6. The fourth-order valence-corrected chi connectivity index (χ4v) is 3.76. The first-order valence-corrected chi connectivity index (χ1v) is 10.8. The third-order valence-corrected chi connectivity index (χ3v) is 5.53. The molecule has 4 aromatic rings. The van der Waals surface area contributed by atoms with Crippen molar-refractivity contribution in [1.82, 2.24) is 9.55 Å². The molecule has 0 spiro atoms. The van der Waals surface area contributed by atoms with E-state index in [4.69, 9.17) is 5.73 Å². The zero-order valence-corrected chi connectivity index (χ0v) is 18.8. The number of rotatable bonds is 6. The maximum atomic E-state index is 13.6. The molecule has 3 aromatic carbocycles. The fraction of sp³-hybridized carbons (Fsp3) is 0.115. The smallest absolute Gasteiger partial charge is 0.383 e. The number of amides is 1. The van der Waals surface area contributed by atoms with Crippen molar-refractivity contribution in [3.8, 4) is 0 Å². The largest absolute Gasteiger partial charge is 0.416 e. The molecule has 4 rings (SSSR count). The molecule has 1 aromatic heterocycles. The number of carbonyl (C=O) groups excluding carboxylic acids is 1. The van der Waals surface area contributed by atoms with Gasteiger partial charge in [-0.3, -0.25) is 24.0 Å². The van der Waals surface area contributed by atoms with Crippen molar-refractivity contribution in [1.29, 1.82) is 0 Å². The minimum absolute atomic E-state index is 0.00616. The number of benzene rings is 3. The molecule has 10 heteroatoms. The summed E-state index contributed by atoms with van der Waals surface area (Å²) in [5, 5.41) is 0. The van der Waals surface area contributed by atoms with Gasteiger partial charge in [-0.1, -0.05) is 66.7 Å². The van der Waals surface area contributed by atoms with E-state index in [1.165, 1.54) is 6.07 Å². The van der Waals surface area contributed by atoms with Crippen LogP contribution in [0.15, 0.2) is 94.5 Å². The highest BCUT2D eigenvalue weighted by atomic mass is 19.4. The van der Waals surface area contributed by atoms with Gasteiger partial charge in [0.1, 0.15) is 5.82 Å². The Labute approximate surface area is 203 Å². The summed E-state index contributed by atoms with van der Waals surface area (Å²) in [6.07, 6.45) is -4.67. The van der Waals surface area contributed by atoms with Gasteiger partial charge >= 0.3 is 11.9 Å². The number of nitrogens with zero attached hydrogens (tertiary/aromatic N) is 2. The number of nitrogens with one attached hydrogen (secondary N) is 1. The first-order valence-electron chi connectivity index (χ1n) is 10.8. The quantitative estimate of drug-likeness (QED) is 0.423. The lowest BCUT2D eigenvalue weighted by Gasteiger charge is -2.25. The molecule has 0 unspecified atom stereocenters. The minimum atomic E-state index is -4.67. The first kappa shape index (κ1) is 24.5. The summed E-state index contributed by atoms with van der Waals surface area (Å²) in [5.41, 5.74) is 4.23. The van der Waals surface area contributed by atoms with Crippen LogP contribution in [0.1, 0.15) is 27.0 Å². The second kappa shape index (κ2) is 9.95. The molecule has 0 radical (unpaired) electrons. The number of hydrogen-bond donors (Lipinski definition) is 2. The average Bonchev–Trinajstić information content (AvgIpc) is 2.86. The van der Waals surface area contributed by atoms with Gasteiger partial charge in [0.05, 0.1) is 18.7 Å². The van der Waals surface area contributed by atoms with Crippen LogP contribution in [0.5, 0.6) is 0 Å². The van der Waals surface area contributed by atoms with Gasteiger partial charge in [-0.25, -0.2) is 4.79 Å². The summed E-state index contributed by atoms with van der Waals surface area (Å²) < 4.78 is 41.0. The molecular weight excluding hydrogens is 473 g/mol. The molecule has 0 saturated carbocycles. The molecule has 1 heterocycles. The normalized spacial score (nSPS) is 11.3. The summed E-state index contributed by atoms with van der Waals surface area (Å²) >= 11 is 0. The van der Waals surface area contributed by atoms with Crippen molar-refractivity contribution in [2.24, 2.45) is 0 Å². The van der Waals surface area contributed by atoms with Gasteiger partial charge in [-0.15, -0.1) is 0 Å². The van der Waals surface area contributed by atoms with Crippen LogP contribution in [0.3, 0.4) is 0 Å². The molecule has 0 aliphatic carbocycles. The molecular formula is C26H21F3N4O3. The standard InChI is InChI=1S/C26H21F3N4O3/c27-26(28,29)20-13-7-12-19(14-20)24(35)32(15-17-8-3-1-4-9-17)21-22(30)33(25(36)31-23(21)34)16-18-10-5-2-6-11-18/h1-14H,15-16,30H2,(H,31,34,36). The highest BCUT2D eigenvalue weighted by Crippen LogP contribution is 2.30. The third kappa shape index (κ3) is 5.22. The molecule has 36 heavy (non-hydrogen) atoms. The van der Waals surface area contributed by atoms with Crippen LogP contribution in [0, 0.1) is 0 Å². The number of halogens is 3. The lowest BCUT2D eigenvalue weighted by Crippen LogP contribution is -2.41. The van der Waals surface area contributed by atoms with E-state index in [1.54, 1.807) is 60.7 Å². The van der Waals surface area contributed by atoms with E-state index in [0.29, 0.717) is 17.2 Å². The van der Waals surface area contributed by atoms with E-state index in [1.807, 2.05) is 0 Å². The fourth-order valence-electron chi connectivity index (χ4n) is 3.76. The van der Waals surface area contributed by atoms with Crippen molar-refractivity contribution in [3.05, 3.63) is 128 Å².